The molecule has 22 heavy (non-hydrogen) atoms. The predicted molar refractivity (Wildman–Crippen MR) is 84.8 cm³/mol. The number of carbonyl (C=O) groups excluding carboxylic acids is 1. The molecule has 6 nitrogen and oxygen atoms in total. The van der Waals surface area contributed by atoms with Gasteiger partial charge in [0.25, 0.3) is 5.91 Å². The van der Waals surface area contributed by atoms with Crippen LogP contribution in [0.25, 0.3) is 0 Å². The molecule has 0 radical (unpaired) electrons. The molecule has 0 aliphatic carbocycles. The molecule has 0 saturated carbocycles. The summed E-state index contributed by atoms with van der Waals surface area (Å²) in [7, 11) is 3.14. The molecule has 1 heterocycles. The molecule has 0 aliphatic heterocycles. The smallest absolute Gasteiger partial charge is 0.276 e. The molecule has 0 fully saturated rings. The Morgan fingerprint density at radius 1 is 1.23 bits per heavy atom. The average Bonchev–Trinajstić information content (AvgIpc) is 2.98. The number of hydrogen-bond donors (Lipinski definition) is 2. The SMILES string of the molecule is CCCc1cc(C(=O)Nc2cc(OC)c(OC)cc2C)n[nH]1. The molecule has 2 aromatic rings. The minimum absolute atomic E-state index is 0.256. The van der Waals surface area contributed by atoms with E-state index in [1.54, 1.807) is 26.4 Å². The van der Waals surface area contributed by atoms with Crippen LogP contribution in [-0.4, -0.2) is 30.3 Å². The Bertz CT molecular complexity index is 665. The average molecular weight is 303 g/mol. The lowest BCUT2D eigenvalue weighted by molar-refractivity contribution is 0.102. The number of aryl methyl sites for hydroxylation is 2. The molecule has 0 aliphatic rings. The van der Waals surface area contributed by atoms with E-state index in [2.05, 4.69) is 22.4 Å². The molecule has 1 aromatic heterocycles. The van der Waals surface area contributed by atoms with E-state index in [1.165, 1.54) is 0 Å². The summed E-state index contributed by atoms with van der Waals surface area (Å²) in [6, 6.07) is 5.34. The monoisotopic (exact) mass is 303 g/mol. The lowest BCUT2D eigenvalue weighted by Gasteiger charge is -2.13. The molecule has 0 saturated heterocycles. The lowest BCUT2D eigenvalue weighted by Crippen LogP contribution is -2.13. The third kappa shape index (κ3) is 3.39. The van der Waals surface area contributed by atoms with Crippen molar-refractivity contribution in [2.75, 3.05) is 19.5 Å². The number of rotatable bonds is 6. The Kier molecular flexibility index (Phi) is 5.04. The van der Waals surface area contributed by atoms with Crippen LogP contribution in [0.2, 0.25) is 0 Å². The number of amides is 1. The van der Waals surface area contributed by atoms with E-state index in [1.807, 2.05) is 13.0 Å². The molecular formula is C16H21N3O3. The van der Waals surface area contributed by atoms with Gasteiger partial charge in [-0.25, -0.2) is 0 Å². The fourth-order valence-corrected chi connectivity index (χ4v) is 2.18. The van der Waals surface area contributed by atoms with E-state index in [0.29, 0.717) is 22.9 Å². The van der Waals surface area contributed by atoms with Crippen molar-refractivity contribution in [3.63, 3.8) is 0 Å². The van der Waals surface area contributed by atoms with Crippen LogP contribution < -0.4 is 14.8 Å². The normalized spacial score (nSPS) is 10.4. The Labute approximate surface area is 129 Å². The van der Waals surface area contributed by atoms with Crippen LogP contribution in [0.4, 0.5) is 5.69 Å². The molecule has 1 amide bonds. The Balaban J connectivity index is 2.20. The van der Waals surface area contributed by atoms with Crippen molar-refractivity contribution in [1.82, 2.24) is 10.2 Å². The van der Waals surface area contributed by atoms with Gasteiger partial charge in [-0.2, -0.15) is 5.10 Å². The molecule has 1 aromatic carbocycles. The molecule has 2 N–H and O–H groups in total. The standard InChI is InChI=1S/C16H21N3O3/c1-5-6-11-8-13(19-18-11)16(20)17-12-9-15(22-4)14(21-3)7-10(12)2/h7-9H,5-6H2,1-4H3,(H,17,20)(H,18,19). The summed E-state index contributed by atoms with van der Waals surface area (Å²) >= 11 is 0. The van der Waals surface area contributed by atoms with Crippen molar-refractivity contribution in [3.8, 4) is 11.5 Å². The lowest BCUT2D eigenvalue weighted by atomic mass is 10.1. The molecule has 6 heteroatoms. The van der Waals surface area contributed by atoms with Gasteiger partial charge in [0.2, 0.25) is 0 Å². The summed E-state index contributed by atoms with van der Waals surface area (Å²) < 4.78 is 10.5. The summed E-state index contributed by atoms with van der Waals surface area (Å²) in [6.07, 6.45) is 1.87. The van der Waals surface area contributed by atoms with E-state index in [4.69, 9.17) is 9.47 Å². The first-order valence-electron chi connectivity index (χ1n) is 7.17. The van der Waals surface area contributed by atoms with E-state index in [9.17, 15) is 4.79 Å². The number of H-pyrrole nitrogens is 1. The zero-order chi connectivity index (χ0) is 16.1. The first kappa shape index (κ1) is 15.9. The number of anilines is 1. The van der Waals surface area contributed by atoms with Gasteiger partial charge in [0.05, 0.1) is 14.2 Å². The summed E-state index contributed by atoms with van der Waals surface area (Å²) in [5.41, 5.74) is 2.88. The second-order valence-electron chi connectivity index (χ2n) is 5.00. The highest BCUT2D eigenvalue weighted by atomic mass is 16.5. The number of aromatic amines is 1. The van der Waals surface area contributed by atoms with Gasteiger partial charge in [0.15, 0.2) is 17.2 Å². The number of methoxy groups -OCH3 is 2. The quantitative estimate of drug-likeness (QED) is 0.860. The molecule has 118 valence electrons. The number of carbonyl (C=O) groups is 1. The summed E-state index contributed by atoms with van der Waals surface area (Å²) in [4.78, 5) is 12.3. The maximum Gasteiger partial charge on any atom is 0.276 e. The predicted octanol–water partition coefficient (Wildman–Crippen LogP) is 2.94. The molecular weight excluding hydrogens is 282 g/mol. The van der Waals surface area contributed by atoms with Crippen LogP contribution in [-0.2, 0) is 6.42 Å². The molecule has 0 spiro atoms. The zero-order valence-electron chi connectivity index (χ0n) is 13.3. The van der Waals surface area contributed by atoms with Gasteiger partial charge in [-0.05, 0) is 31.0 Å². The second kappa shape index (κ2) is 6.98. The van der Waals surface area contributed by atoms with Crippen LogP contribution in [0, 0.1) is 6.92 Å². The maximum absolute atomic E-state index is 12.3. The Hall–Kier alpha value is -2.50. The van der Waals surface area contributed by atoms with Gasteiger partial charge < -0.3 is 14.8 Å². The van der Waals surface area contributed by atoms with E-state index < -0.39 is 0 Å². The maximum atomic E-state index is 12.3. The molecule has 2 rings (SSSR count). The first-order valence-corrected chi connectivity index (χ1v) is 7.17. The minimum Gasteiger partial charge on any atom is -0.493 e. The fraction of sp³-hybridized carbons (Fsp3) is 0.375. The van der Waals surface area contributed by atoms with Gasteiger partial charge in [-0.1, -0.05) is 13.3 Å². The summed E-state index contributed by atoms with van der Waals surface area (Å²) in [5.74, 6) is 0.939. The van der Waals surface area contributed by atoms with Crippen molar-refractivity contribution < 1.29 is 14.3 Å². The number of hydrogen-bond acceptors (Lipinski definition) is 4. The highest BCUT2D eigenvalue weighted by Gasteiger charge is 2.14. The zero-order valence-corrected chi connectivity index (χ0v) is 13.3. The van der Waals surface area contributed by atoms with Gasteiger partial charge in [0.1, 0.15) is 0 Å². The van der Waals surface area contributed by atoms with Crippen molar-refractivity contribution in [2.45, 2.75) is 26.7 Å². The Morgan fingerprint density at radius 2 is 1.91 bits per heavy atom. The van der Waals surface area contributed by atoms with Gasteiger partial charge >= 0.3 is 0 Å². The van der Waals surface area contributed by atoms with Crippen LogP contribution in [0.1, 0.15) is 35.1 Å². The van der Waals surface area contributed by atoms with E-state index in [-0.39, 0.29) is 5.91 Å². The van der Waals surface area contributed by atoms with Crippen LogP contribution in [0.15, 0.2) is 18.2 Å². The topological polar surface area (TPSA) is 76.2 Å². The van der Waals surface area contributed by atoms with E-state index >= 15 is 0 Å². The number of ether oxygens (including phenoxy) is 2. The van der Waals surface area contributed by atoms with Crippen molar-refractivity contribution in [2.24, 2.45) is 0 Å². The van der Waals surface area contributed by atoms with Gasteiger partial charge in [-0.3, -0.25) is 9.89 Å². The van der Waals surface area contributed by atoms with Crippen molar-refractivity contribution >= 4 is 11.6 Å². The fourth-order valence-electron chi connectivity index (χ4n) is 2.18. The third-order valence-corrected chi connectivity index (χ3v) is 3.36. The summed E-state index contributed by atoms with van der Waals surface area (Å²) in [6.45, 7) is 3.97. The van der Waals surface area contributed by atoms with Crippen LogP contribution in [0.5, 0.6) is 11.5 Å². The largest absolute Gasteiger partial charge is 0.493 e. The number of nitrogens with one attached hydrogen (secondary N) is 2. The number of benzene rings is 1. The van der Waals surface area contributed by atoms with Crippen LogP contribution in [0.3, 0.4) is 0 Å². The molecule has 0 bridgehead atoms. The number of nitrogens with zero attached hydrogens (tertiary/aromatic N) is 1. The number of aromatic nitrogens is 2. The summed E-state index contributed by atoms with van der Waals surface area (Å²) in [5, 5.41) is 9.77. The second-order valence-corrected chi connectivity index (χ2v) is 5.00. The minimum atomic E-state index is -0.256. The first-order chi connectivity index (χ1) is 10.6. The van der Waals surface area contributed by atoms with E-state index in [0.717, 1.165) is 24.1 Å². The van der Waals surface area contributed by atoms with Crippen molar-refractivity contribution in [1.29, 1.82) is 0 Å². The van der Waals surface area contributed by atoms with Crippen molar-refractivity contribution in [3.05, 3.63) is 35.2 Å². The van der Waals surface area contributed by atoms with Gasteiger partial charge in [-0.15, -0.1) is 0 Å². The highest BCUT2D eigenvalue weighted by molar-refractivity contribution is 6.03. The van der Waals surface area contributed by atoms with Gasteiger partial charge in [0, 0.05) is 17.4 Å². The Morgan fingerprint density at radius 3 is 2.55 bits per heavy atom. The molecule has 0 unspecified atom stereocenters. The third-order valence-electron chi connectivity index (χ3n) is 3.36. The molecule has 0 atom stereocenters. The van der Waals surface area contributed by atoms with Crippen LogP contribution >= 0.6 is 0 Å². The highest BCUT2D eigenvalue weighted by Crippen LogP contribution is 2.33.